The van der Waals surface area contributed by atoms with Crippen LogP contribution in [0, 0.1) is 0 Å². The number of benzene rings is 2. The number of thiocarbonyl (C=S) groups is 1. The number of hydrogen-bond donors (Lipinski definition) is 2. The average molecular weight is 300 g/mol. The number of ether oxygens (including phenoxy) is 1. The van der Waals surface area contributed by atoms with Crippen LogP contribution in [0.25, 0.3) is 0 Å². The minimum absolute atomic E-state index is 0.572. The molecule has 4 heteroatoms. The van der Waals surface area contributed by atoms with Crippen molar-refractivity contribution in [3.05, 3.63) is 60.2 Å². The van der Waals surface area contributed by atoms with E-state index in [-0.39, 0.29) is 0 Å². The molecule has 0 aromatic heterocycles. The van der Waals surface area contributed by atoms with Gasteiger partial charge < -0.3 is 15.4 Å². The SMILES string of the molecule is CCc1ccc(OCCNC(=S)Nc2ccccc2)cc1. The molecule has 0 aliphatic carbocycles. The molecule has 0 atom stereocenters. The molecule has 0 amide bonds. The van der Waals surface area contributed by atoms with Gasteiger partial charge in [0.05, 0.1) is 6.54 Å². The van der Waals surface area contributed by atoms with Crippen molar-refractivity contribution in [2.24, 2.45) is 0 Å². The van der Waals surface area contributed by atoms with Crippen LogP contribution >= 0.6 is 12.2 Å². The third-order valence-corrected chi connectivity index (χ3v) is 3.27. The molecule has 0 fully saturated rings. The van der Waals surface area contributed by atoms with Gasteiger partial charge in [-0.3, -0.25) is 0 Å². The Hall–Kier alpha value is -2.07. The largest absolute Gasteiger partial charge is 0.492 e. The van der Waals surface area contributed by atoms with Crippen LogP contribution in [0.15, 0.2) is 54.6 Å². The topological polar surface area (TPSA) is 33.3 Å². The van der Waals surface area contributed by atoms with Crippen LogP contribution in [-0.2, 0) is 6.42 Å². The Morgan fingerprint density at radius 2 is 1.76 bits per heavy atom. The molecule has 0 aliphatic rings. The van der Waals surface area contributed by atoms with Crippen LogP contribution in [0.2, 0.25) is 0 Å². The van der Waals surface area contributed by atoms with Crippen molar-refractivity contribution in [1.29, 1.82) is 0 Å². The van der Waals surface area contributed by atoms with Gasteiger partial charge in [0.2, 0.25) is 0 Å². The molecule has 2 rings (SSSR count). The summed E-state index contributed by atoms with van der Waals surface area (Å²) in [4.78, 5) is 0. The molecule has 21 heavy (non-hydrogen) atoms. The maximum absolute atomic E-state index is 5.66. The summed E-state index contributed by atoms with van der Waals surface area (Å²) >= 11 is 5.22. The van der Waals surface area contributed by atoms with Crippen molar-refractivity contribution in [3.8, 4) is 5.75 Å². The van der Waals surface area contributed by atoms with E-state index in [2.05, 4.69) is 29.7 Å². The molecule has 0 aliphatic heterocycles. The van der Waals surface area contributed by atoms with Crippen molar-refractivity contribution in [2.45, 2.75) is 13.3 Å². The molecule has 110 valence electrons. The molecule has 0 spiro atoms. The first-order valence-corrected chi connectivity index (χ1v) is 7.50. The summed E-state index contributed by atoms with van der Waals surface area (Å²) in [6.45, 7) is 3.37. The van der Waals surface area contributed by atoms with Crippen molar-refractivity contribution in [1.82, 2.24) is 5.32 Å². The van der Waals surface area contributed by atoms with Crippen molar-refractivity contribution >= 4 is 23.0 Å². The van der Waals surface area contributed by atoms with Crippen LogP contribution in [0.4, 0.5) is 5.69 Å². The van der Waals surface area contributed by atoms with Gasteiger partial charge in [-0.15, -0.1) is 0 Å². The molecular formula is C17H20N2OS. The van der Waals surface area contributed by atoms with Gasteiger partial charge in [0, 0.05) is 5.69 Å². The number of rotatable bonds is 6. The minimum atomic E-state index is 0.572. The van der Waals surface area contributed by atoms with Crippen LogP contribution in [-0.4, -0.2) is 18.3 Å². The van der Waals surface area contributed by atoms with Gasteiger partial charge in [-0.25, -0.2) is 0 Å². The van der Waals surface area contributed by atoms with E-state index in [1.165, 1.54) is 5.56 Å². The minimum Gasteiger partial charge on any atom is -0.492 e. The van der Waals surface area contributed by atoms with Gasteiger partial charge in [0.25, 0.3) is 0 Å². The molecule has 0 heterocycles. The standard InChI is InChI=1S/C17H20N2OS/c1-2-14-8-10-16(11-9-14)20-13-12-18-17(21)19-15-6-4-3-5-7-15/h3-11H,2,12-13H2,1H3,(H2,18,19,21). The highest BCUT2D eigenvalue weighted by Gasteiger charge is 1.97. The highest BCUT2D eigenvalue weighted by molar-refractivity contribution is 7.80. The van der Waals surface area contributed by atoms with Gasteiger partial charge in [-0.05, 0) is 48.5 Å². The second-order valence-corrected chi connectivity index (χ2v) is 5.00. The number of hydrogen-bond acceptors (Lipinski definition) is 2. The molecular weight excluding hydrogens is 280 g/mol. The summed E-state index contributed by atoms with van der Waals surface area (Å²) in [5.74, 6) is 0.885. The van der Waals surface area contributed by atoms with Crippen molar-refractivity contribution in [3.63, 3.8) is 0 Å². The first kappa shape index (κ1) is 15.3. The number of anilines is 1. The van der Waals surface area contributed by atoms with E-state index in [0.717, 1.165) is 17.9 Å². The Labute approximate surface area is 131 Å². The Bertz CT molecular complexity index is 555. The molecule has 2 aromatic rings. The summed E-state index contributed by atoms with van der Waals surface area (Å²) in [7, 11) is 0. The quantitative estimate of drug-likeness (QED) is 0.631. The zero-order chi connectivity index (χ0) is 14.9. The number of nitrogens with one attached hydrogen (secondary N) is 2. The zero-order valence-corrected chi connectivity index (χ0v) is 13.0. The van der Waals surface area contributed by atoms with E-state index >= 15 is 0 Å². The first-order valence-electron chi connectivity index (χ1n) is 7.09. The third-order valence-electron chi connectivity index (χ3n) is 3.02. The van der Waals surface area contributed by atoms with E-state index in [0.29, 0.717) is 18.3 Å². The van der Waals surface area contributed by atoms with Gasteiger partial charge in [0.1, 0.15) is 12.4 Å². The fraction of sp³-hybridized carbons (Fsp3) is 0.235. The first-order chi connectivity index (χ1) is 10.3. The van der Waals surface area contributed by atoms with Crippen LogP contribution in [0.5, 0.6) is 5.75 Å². The maximum Gasteiger partial charge on any atom is 0.170 e. The lowest BCUT2D eigenvalue weighted by Gasteiger charge is -2.11. The Morgan fingerprint density at radius 1 is 1.05 bits per heavy atom. The highest BCUT2D eigenvalue weighted by Crippen LogP contribution is 2.12. The molecule has 0 saturated carbocycles. The van der Waals surface area contributed by atoms with E-state index in [9.17, 15) is 0 Å². The van der Waals surface area contributed by atoms with E-state index in [1.54, 1.807) is 0 Å². The van der Waals surface area contributed by atoms with Crippen LogP contribution in [0.3, 0.4) is 0 Å². The molecule has 0 radical (unpaired) electrons. The molecule has 3 nitrogen and oxygen atoms in total. The predicted molar refractivity (Wildman–Crippen MR) is 92.0 cm³/mol. The lowest BCUT2D eigenvalue weighted by molar-refractivity contribution is 0.322. The maximum atomic E-state index is 5.66. The highest BCUT2D eigenvalue weighted by atomic mass is 32.1. The molecule has 2 N–H and O–H groups in total. The van der Waals surface area contributed by atoms with Gasteiger partial charge in [-0.2, -0.15) is 0 Å². The third kappa shape index (κ3) is 5.44. The van der Waals surface area contributed by atoms with Crippen molar-refractivity contribution < 1.29 is 4.74 Å². The molecule has 0 unspecified atom stereocenters. The number of aryl methyl sites for hydroxylation is 1. The summed E-state index contributed by atoms with van der Waals surface area (Å²) in [6.07, 6.45) is 1.04. The van der Waals surface area contributed by atoms with Gasteiger partial charge >= 0.3 is 0 Å². The Balaban J connectivity index is 1.66. The smallest absolute Gasteiger partial charge is 0.170 e. The molecule has 2 aromatic carbocycles. The van der Waals surface area contributed by atoms with E-state index in [1.807, 2.05) is 42.5 Å². The number of para-hydroxylation sites is 1. The second kappa shape index (κ2) is 8.27. The predicted octanol–water partition coefficient (Wildman–Crippen LogP) is 3.61. The molecule has 0 saturated heterocycles. The summed E-state index contributed by atoms with van der Waals surface area (Å²) < 4.78 is 5.66. The lowest BCUT2D eigenvalue weighted by atomic mass is 10.2. The fourth-order valence-corrected chi connectivity index (χ4v) is 2.07. The summed E-state index contributed by atoms with van der Waals surface area (Å²) in [5.41, 5.74) is 2.29. The zero-order valence-electron chi connectivity index (χ0n) is 12.1. The molecule has 0 bridgehead atoms. The average Bonchev–Trinajstić information content (AvgIpc) is 2.53. The van der Waals surface area contributed by atoms with Gasteiger partial charge in [-0.1, -0.05) is 37.3 Å². The fourth-order valence-electron chi connectivity index (χ4n) is 1.85. The Kier molecular flexibility index (Phi) is 6.03. The summed E-state index contributed by atoms with van der Waals surface area (Å²) in [6, 6.07) is 18.0. The monoisotopic (exact) mass is 300 g/mol. The Morgan fingerprint density at radius 3 is 2.43 bits per heavy atom. The van der Waals surface area contributed by atoms with Gasteiger partial charge in [0.15, 0.2) is 5.11 Å². The van der Waals surface area contributed by atoms with E-state index < -0.39 is 0 Å². The van der Waals surface area contributed by atoms with Crippen LogP contribution in [0.1, 0.15) is 12.5 Å². The lowest BCUT2D eigenvalue weighted by Crippen LogP contribution is -2.31. The van der Waals surface area contributed by atoms with E-state index in [4.69, 9.17) is 17.0 Å². The second-order valence-electron chi connectivity index (χ2n) is 4.59. The normalized spacial score (nSPS) is 9.95. The van der Waals surface area contributed by atoms with Crippen LogP contribution < -0.4 is 15.4 Å². The van der Waals surface area contributed by atoms with Crippen molar-refractivity contribution in [2.75, 3.05) is 18.5 Å². The summed E-state index contributed by atoms with van der Waals surface area (Å²) in [5, 5.41) is 6.84.